The molecule has 2 aromatic carbocycles. The van der Waals surface area contributed by atoms with E-state index >= 15 is 0 Å². The lowest BCUT2D eigenvalue weighted by Gasteiger charge is -2.32. The predicted molar refractivity (Wildman–Crippen MR) is 144 cm³/mol. The van der Waals surface area contributed by atoms with Crippen LogP contribution in [0.15, 0.2) is 54.9 Å². The number of aryl methyl sites for hydroxylation is 2. The largest absolute Gasteiger partial charge is 0.493 e. The molecular formula is C29H37FN4O5. The normalized spacial score (nSPS) is 18.0. The molecular weight excluding hydrogens is 503 g/mol. The monoisotopic (exact) mass is 540 g/mol. The molecule has 1 atom stereocenters. The highest BCUT2D eigenvalue weighted by Gasteiger charge is 2.37. The molecule has 1 aliphatic heterocycles. The fourth-order valence-corrected chi connectivity index (χ4v) is 4.67. The number of carbonyl (C=O) groups excluding carboxylic acids is 1. The van der Waals surface area contributed by atoms with Crippen LogP contribution in [0.2, 0.25) is 0 Å². The number of halogens is 1. The van der Waals surface area contributed by atoms with Gasteiger partial charge in [-0.05, 0) is 54.4 Å². The van der Waals surface area contributed by atoms with E-state index in [1.807, 2.05) is 42.2 Å². The standard InChI is InChI=1S/C29H37FN4O5/c1-22-16-31-34(17-22)11-4-14-38-27-10-5-24(15-28(27)37-3)18-32-12-13-33(23(2)35)20-29(36,19-32)21-39-26-8-6-25(30)7-9-26/h5-10,15-17,36H,4,11-14,18-21H2,1-3H3/t29-/m1/s1. The molecule has 0 radical (unpaired) electrons. The number of ether oxygens (including phenoxy) is 3. The smallest absolute Gasteiger partial charge is 0.219 e. The molecule has 2 heterocycles. The molecule has 1 saturated heterocycles. The van der Waals surface area contributed by atoms with Crippen LogP contribution in [0.5, 0.6) is 17.2 Å². The van der Waals surface area contributed by atoms with Crippen molar-refractivity contribution in [3.05, 3.63) is 71.8 Å². The zero-order valence-electron chi connectivity index (χ0n) is 22.8. The topological polar surface area (TPSA) is 89.3 Å². The van der Waals surface area contributed by atoms with E-state index in [1.165, 1.54) is 31.2 Å². The van der Waals surface area contributed by atoms with Gasteiger partial charge in [0.15, 0.2) is 11.5 Å². The highest BCUT2D eigenvalue weighted by molar-refractivity contribution is 5.73. The molecule has 0 spiro atoms. The summed E-state index contributed by atoms with van der Waals surface area (Å²) < 4.78 is 32.5. The zero-order valence-corrected chi connectivity index (χ0v) is 22.8. The summed E-state index contributed by atoms with van der Waals surface area (Å²) in [4.78, 5) is 15.9. The molecule has 0 unspecified atom stereocenters. The van der Waals surface area contributed by atoms with E-state index in [0.29, 0.717) is 50.0 Å². The van der Waals surface area contributed by atoms with Crippen LogP contribution in [0.4, 0.5) is 4.39 Å². The van der Waals surface area contributed by atoms with Crippen LogP contribution in [-0.2, 0) is 17.9 Å². The van der Waals surface area contributed by atoms with Gasteiger partial charge >= 0.3 is 0 Å². The van der Waals surface area contributed by atoms with Crippen LogP contribution in [0.3, 0.4) is 0 Å². The number of methoxy groups -OCH3 is 1. The van der Waals surface area contributed by atoms with Gasteiger partial charge in [-0.25, -0.2) is 4.39 Å². The Kier molecular flexibility index (Phi) is 9.42. The SMILES string of the molecule is COc1cc(CN2CCN(C(C)=O)C[C@@](O)(COc3ccc(F)cc3)C2)ccc1OCCCn1cc(C)cn1. The average Bonchev–Trinajstić information content (AvgIpc) is 3.25. The molecule has 0 saturated carbocycles. The van der Waals surface area contributed by atoms with Crippen molar-refractivity contribution in [3.8, 4) is 17.2 Å². The predicted octanol–water partition coefficient (Wildman–Crippen LogP) is 3.28. The van der Waals surface area contributed by atoms with Crippen molar-refractivity contribution in [1.82, 2.24) is 19.6 Å². The number of carbonyl (C=O) groups is 1. The Labute approximate surface area is 228 Å². The molecule has 1 amide bonds. The number of aromatic nitrogens is 2. The number of hydrogen-bond donors (Lipinski definition) is 1. The summed E-state index contributed by atoms with van der Waals surface area (Å²) in [5.41, 5.74) is 0.811. The fraction of sp³-hybridized carbons (Fsp3) is 0.448. The molecule has 0 aliphatic carbocycles. The number of amides is 1. The van der Waals surface area contributed by atoms with Gasteiger partial charge in [0, 0.05) is 52.3 Å². The van der Waals surface area contributed by atoms with Crippen molar-refractivity contribution in [2.75, 3.05) is 46.5 Å². The number of aliphatic hydroxyl groups is 1. The third-order valence-electron chi connectivity index (χ3n) is 6.64. The Bertz CT molecular complexity index is 1230. The van der Waals surface area contributed by atoms with Crippen LogP contribution < -0.4 is 14.2 Å². The summed E-state index contributed by atoms with van der Waals surface area (Å²) in [5.74, 6) is 1.29. The lowest BCUT2D eigenvalue weighted by molar-refractivity contribution is -0.132. The molecule has 1 aromatic heterocycles. The lowest BCUT2D eigenvalue weighted by atomic mass is 10.0. The number of hydrogen-bond acceptors (Lipinski definition) is 7. The summed E-state index contributed by atoms with van der Waals surface area (Å²) in [6, 6.07) is 11.5. The van der Waals surface area contributed by atoms with E-state index in [1.54, 1.807) is 12.0 Å². The van der Waals surface area contributed by atoms with Crippen molar-refractivity contribution in [2.24, 2.45) is 0 Å². The molecule has 0 bridgehead atoms. The van der Waals surface area contributed by atoms with Gasteiger partial charge in [-0.3, -0.25) is 14.4 Å². The highest BCUT2D eigenvalue weighted by Crippen LogP contribution is 2.29. The first kappa shape index (κ1) is 28.4. The molecule has 1 aliphatic rings. The van der Waals surface area contributed by atoms with Gasteiger partial charge in [0.25, 0.3) is 0 Å². The van der Waals surface area contributed by atoms with Crippen LogP contribution in [0.1, 0.15) is 24.5 Å². The van der Waals surface area contributed by atoms with E-state index < -0.39 is 5.60 Å². The minimum atomic E-state index is -1.31. The van der Waals surface area contributed by atoms with Crippen LogP contribution in [-0.4, -0.2) is 82.7 Å². The van der Waals surface area contributed by atoms with Gasteiger partial charge in [0.2, 0.25) is 5.91 Å². The van der Waals surface area contributed by atoms with E-state index in [9.17, 15) is 14.3 Å². The minimum absolute atomic E-state index is 0.0346. The molecule has 210 valence electrons. The molecule has 1 fully saturated rings. The van der Waals surface area contributed by atoms with Gasteiger partial charge in [-0.2, -0.15) is 5.10 Å². The van der Waals surface area contributed by atoms with Gasteiger partial charge < -0.3 is 24.2 Å². The van der Waals surface area contributed by atoms with E-state index in [-0.39, 0.29) is 24.9 Å². The van der Waals surface area contributed by atoms with Crippen molar-refractivity contribution in [1.29, 1.82) is 0 Å². The van der Waals surface area contributed by atoms with Gasteiger partial charge in [0.05, 0.1) is 26.5 Å². The second-order valence-corrected chi connectivity index (χ2v) is 10.1. The lowest BCUT2D eigenvalue weighted by Crippen LogP contribution is -2.51. The second-order valence-electron chi connectivity index (χ2n) is 10.1. The van der Waals surface area contributed by atoms with Crippen LogP contribution in [0.25, 0.3) is 0 Å². The van der Waals surface area contributed by atoms with Crippen molar-refractivity contribution in [3.63, 3.8) is 0 Å². The number of benzene rings is 2. The summed E-state index contributed by atoms with van der Waals surface area (Å²) in [6.07, 6.45) is 4.65. The molecule has 9 nitrogen and oxygen atoms in total. The third kappa shape index (κ3) is 8.18. The van der Waals surface area contributed by atoms with Crippen molar-refractivity contribution < 1.29 is 28.5 Å². The third-order valence-corrected chi connectivity index (χ3v) is 6.64. The van der Waals surface area contributed by atoms with Crippen LogP contribution in [0, 0.1) is 12.7 Å². The van der Waals surface area contributed by atoms with Gasteiger partial charge in [0.1, 0.15) is 23.8 Å². The average molecular weight is 541 g/mol. The van der Waals surface area contributed by atoms with Gasteiger partial charge in [-0.1, -0.05) is 6.07 Å². The van der Waals surface area contributed by atoms with Crippen molar-refractivity contribution in [2.45, 2.75) is 39.0 Å². The first-order chi connectivity index (χ1) is 18.7. The Balaban J connectivity index is 1.38. The van der Waals surface area contributed by atoms with Gasteiger partial charge in [-0.15, -0.1) is 0 Å². The quantitative estimate of drug-likeness (QED) is 0.374. The maximum absolute atomic E-state index is 13.3. The Morgan fingerprint density at radius 3 is 2.59 bits per heavy atom. The molecule has 4 rings (SSSR count). The molecule has 1 N–H and O–H groups in total. The first-order valence-electron chi connectivity index (χ1n) is 13.1. The minimum Gasteiger partial charge on any atom is -0.493 e. The maximum atomic E-state index is 13.3. The summed E-state index contributed by atoms with van der Waals surface area (Å²) in [6.45, 7) is 6.84. The first-order valence-corrected chi connectivity index (χ1v) is 13.1. The van der Waals surface area contributed by atoms with Crippen LogP contribution >= 0.6 is 0 Å². The summed E-state index contributed by atoms with van der Waals surface area (Å²) in [5, 5.41) is 15.8. The molecule has 39 heavy (non-hydrogen) atoms. The number of nitrogens with zero attached hydrogens (tertiary/aromatic N) is 4. The highest BCUT2D eigenvalue weighted by atomic mass is 19.1. The maximum Gasteiger partial charge on any atom is 0.219 e. The Morgan fingerprint density at radius 2 is 1.90 bits per heavy atom. The summed E-state index contributed by atoms with van der Waals surface area (Å²) in [7, 11) is 1.61. The molecule has 10 heteroatoms. The zero-order chi connectivity index (χ0) is 27.8. The number of β-amino-alcohol motifs (C(OH)–C–C–N with tert-alkyl or cyclic N) is 1. The molecule has 3 aromatic rings. The van der Waals surface area contributed by atoms with E-state index in [2.05, 4.69) is 10.00 Å². The van der Waals surface area contributed by atoms with E-state index in [0.717, 1.165) is 24.1 Å². The Morgan fingerprint density at radius 1 is 1.10 bits per heavy atom. The second kappa shape index (κ2) is 12.9. The Hall–Kier alpha value is -3.63. The fourth-order valence-electron chi connectivity index (χ4n) is 4.67. The van der Waals surface area contributed by atoms with Crippen molar-refractivity contribution >= 4 is 5.91 Å². The summed E-state index contributed by atoms with van der Waals surface area (Å²) >= 11 is 0. The number of rotatable bonds is 11. The van der Waals surface area contributed by atoms with E-state index in [4.69, 9.17) is 14.2 Å².